The van der Waals surface area contributed by atoms with E-state index in [2.05, 4.69) is 29.4 Å². The summed E-state index contributed by atoms with van der Waals surface area (Å²) >= 11 is 1.71. The average Bonchev–Trinajstić information content (AvgIpc) is 3.25. The van der Waals surface area contributed by atoms with E-state index in [9.17, 15) is 9.90 Å². The first-order chi connectivity index (χ1) is 15.0. The van der Waals surface area contributed by atoms with Gasteiger partial charge in [0.15, 0.2) is 0 Å². The van der Waals surface area contributed by atoms with Crippen molar-refractivity contribution < 1.29 is 9.84 Å². The summed E-state index contributed by atoms with van der Waals surface area (Å²) in [6.07, 6.45) is 10.3. The van der Waals surface area contributed by atoms with E-state index < -0.39 is 0 Å². The number of rotatable bonds is 4. The van der Waals surface area contributed by atoms with Gasteiger partial charge >= 0.3 is 0 Å². The molecule has 4 fully saturated rings. The van der Waals surface area contributed by atoms with E-state index in [-0.39, 0.29) is 17.8 Å². The Morgan fingerprint density at radius 1 is 1.06 bits per heavy atom. The second-order valence-corrected chi connectivity index (χ2v) is 10.5. The monoisotopic (exact) mass is 436 g/mol. The van der Waals surface area contributed by atoms with Crippen LogP contribution < -0.4 is 10.3 Å². The molecule has 5 nitrogen and oxygen atoms in total. The van der Waals surface area contributed by atoms with Gasteiger partial charge in [-0.15, -0.1) is 11.8 Å². The lowest BCUT2D eigenvalue weighted by Crippen LogP contribution is -2.56. The van der Waals surface area contributed by atoms with Gasteiger partial charge in [-0.3, -0.25) is 4.79 Å². The number of aromatic amines is 1. The fraction of sp³-hybridized carbons (Fsp3) is 0.480. The molecule has 0 aliphatic heterocycles. The minimum absolute atomic E-state index is 0.0214. The van der Waals surface area contributed by atoms with E-state index in [0.29, 0.717) is 29.2 Å². The number of ether oxygens (including phenoxy) is 1. The molecule has 7 rings (SSSR count). The lowest BCUT2D eigenvalue weighted by atomic mass is 9.53. The number of hydrogen-bond donors (Lipinski definition) is 2. The number of H-pyrrole nitrogens is 1. The van der Waals surface area contributed by atoms with Gasteiger partial charge in [0, 0.05) is 40.8 Å². The predicted octanol–water partition coefficient (Wildman–Crippen LogP) is 4.43. The normalized spacial score (nSPS) is 31.5. The Morgan fingerprint density at radius 3 is 2.45 bits per heavy atom. The van der Waals surface area contributed by atoms with Gasteiger partial charge in [0.25, 0.3) is 5.56 Å². The van der Waals surface area contributed by atoms with Crippen molar-refractivity contribution in [3.05, 3.63) is 47.0 Å². The van der Waals surface area contributed by atoms with E-state index in [0.717, 1.165) is 47.9 Å². The number of aryl methyl sites for hydroxylation is 1. The fourth-order valence-corrected chi connectivity index (χ4v) is 7.02. The summed E-state index contributed by atoms with van der Waals surface area (Å²) in [6.45, 7) is 0. The lowest BCUT2D eigenvalue weighted by molar-refractivity contribution is -0.142. The first-order valence-electron chi connectivity index (χ1n) is 11.2. The van der Waals surface area contributed by atoms with E-state index in [1.165, 1.54) is 4.90 Å². The molecule has 0 spiro atoms. The number of thioether (sulfide) groups is 1. The van der Waals surface area contributed by atoms with Gasteiger partial charge in [0.1, 0.15) is 17.4 Å². The minimum Gasteiger partial charge on any atom is -0.489 e. The molecule has 4 aliphatic rings. The van der Waals surface area contributed by atoms with Crippen molar-refractivity contribution in [3.8, 4) is 16.9 Å². The quantitative estimate of drug-likeness (QED) is 0.594. The molecule has 4 bridgehead atoms. The van der Waals surface area contributed by atoms with Crippen LogP contribution >= 0.6 is 11.8 Å². The molecule has 2 N–H and O–H groups in total. The third-order valence-electron chi connectivity index (χ3n) is 7.95. The van der Waals surface area contributed by atoms with E-state index >= 15 is 0 Å². The number of nitrogens with one attached hydrogen (secondary N) is 1. The van der Waals surface area contributed by atoms with Gasteiger partial charge in [-0.05, 0) is 79.9 Å². The first kappa shape index (κ1) is 19.5. The van der Waals surface area contributed by atoms with Crippen molar-refractivity contribution in [2.24, 2.45) is 30.7 Å². The number of hydrogen-bond acceptors (Lipinski definition) is 4. The highest BCUT2D eigenvalue weighted by molar-refractivity contribution is 7.98. The number of fused-ring (bicyclic) bond motifs is 1. The van der Waals surface area contributed by atoms with Crippen LogP contribution in [-0.4, -0.2) is 33.1 Å². The van der Waals surface area contributed by atoms with Crippen LogP contribution in [0.5, 0.6) is 5.75 Å². The Morgan fingerprint density at radius 2 is 1.77 bits per heavy atom. The SMILES string of the molecule is CSc1ccc(OC2C3CC4CC2CC(C3)C4O)c(-c2cn(C)c(=O)c3[nH]ccc23)c1. The van der Waals surface area contributed by atoms with Crippen LogP contribution in [-0.2, 0) is 7.05 Å². The van der Waals surface area contributed by atoms with Crippen molar-refractivity contribution in [3.63, 3.8) is 0 Å². The maximum atomic E-state index is 12.6. The fourth-order valence-electron chi connectivity index (χ4n) is 6.58. The topological polar surface area (TPSA) is 67.2 Å². The highest BCUT2D eigenvalue weighted by Crippen LogP contribution is 2.55. The molecule has 1 aromatic carbocycles. The van der Waals surface area contributed by atoms with E-state index in [4.69, 9.17) is 4.74 Å². The summed E-state index contributed by atoms with van der Waals surface area (Å²) < 4.78 is 8.47. The van der Waals surface area contributed by atoms with Gasteiger partial charge in [-0.2, -0.15) is 0 Å². The van der Waals surface area contributed by atoms with Gasteiger partial charge < -0.3 is 19.4 Å². The number of benzene rings is 1. The second-order valence-electron chi connectivity index (χ2n) is 9.64. The van der Waals surface area contributed by atoms with Crippen LogP contribution in [0.1, 0.15) is 25.7 Å². The Labute approximate surface area is 185 Å². The Balaban J connectivity index is 1.43. The van der Waals surface area contributed by atoms with Crippen LogP contribution in [0.2, 0.25) is 0 Å². The molecule has 0 saturated heterocycles. The first-order valence-corrected chi connectivity index (χ1v) is 12.5. The van der Waals surface area contributed by atoms with Gasteiger partial charge in [0.2, 0.25) is 0 Å². The van der Waals surface area contributed by atoms with Crippen molar-refractivity contribution in [1.29, 1.82) is 0 Å². The molecule has 6 heteroatoms. The number of aromatic nitrogens is 2. The number of nitrogens with zero attached hydrogens (tertiary/aromatic N) is 1. The zero-order valence-electron chi connectivity index (χ0n) is 17.9. The van der Waals surface area contributed by atoms with Crippen molar-refractivity contribution >= 4 is 22.7 Å². The van der Waals surface area contributed by atoms with Crippen LogP contribution in [0.3, 0.4) is 0 Å². The van der Waals surface area contributed by atoms with Crippen LogP contribution in [0.4, 0.5) is 0 Å². The summed E-state index contributed by atoms with van der Waals surface area (Å²) in [5.41, 5.74) is 2.67. The Bertz CT molecular complexity index is 1180. The zero-order valence-corrected chi connectivity index (χ0v) is 18.7. The van der Waals surface area contributed by atoms with Crippen molar-refractivity contribution in [2.75, 3.05) is 6.26 Å². The number of pyridine rings is 1. The minimum atomic E-state index is -0.0997. The van der Waals surface area contributed by atoms with Crippen molar-refractivity contribution in [2.45, 2.75) is 42.8 Å². The molecule has 162 valence electrons. The molecule has 31 heavy (non-hydrogen) atoms. The maximum Gasteiger partial charge on any atom is 0.274 e. The number of aliphatic hydroxyl groups is 1. The van der Waals surface area contributed by atoms with Crippen LogP contribution in [0.25, 0.3) is 22.0 Å². The predicted molar refractivity (Wildman–Crippen MR) is 124 cm³/mol. The third kappa shape index (κ3) is 2.99. The molecule has 2 heterocycles. The third-order valence-corrected chi connectivity index (χ3v) is 8.68. The molecule has 4 aliphatic carbocycles. The van der Waals surface area contributed by atoms with E-state index in [1.54, 1.807) is 23.4 Å². The summed E-state index contributed by atoms with van der Waals surface area (Å²) in [6, 6.07) is 8.39. The molecule has 0 radical (unpaired) electrons. The Kier molecular flexibility index (Phi) is 4.51. The standard InChI is InChI=1S/C25H28N2O3S/c1-27-12-20(18-5-6-26-22(18)25(27)29)19-11-17(31-2)3-4-21(19)30-24-15-7-13-8-16(24)10-14(9-15)23(13)28/h3-6,11-16,23-24,26,28H,7-10H2,1-2H3. The lowest BCUT2D eigenvalue weighted by Gasteiger charge is -2.56. The Hall–Kier alpha value is -2.18. The molecule has 2 aromatic heterocycles. The van der Waals surface area contributed by atoms with Crippen LogP contribution in [0.15, 0.2) is 46.3 Å². The molecular weight excluding hydrogens is 408 g/mol. The van der Waals surface area contributed by atoms with Gasteiger partial charge in [-0.25, -0.2) is 0 Å². The second kappa shape index (κ2) is 7.17. The molecule has 0 atom stereocenters. The highest BCUT2D eigenvalue weighted by atomic mass is 32.2. The molecule has 0 unspecified atom stereocenters. The highest BCUT2D eigenvalue weighted by Gasteiger charge is 2.53. The summed E-state index contributed by atoms with van der Waals surface area (Å²) in [4.78, 5) is 16.9. The van der Waals surface area contributed by atoms with Gasteiger partial charge in [-0.1, -0.05) is 0 Å². The van der Waals surface area contributed by atoms with Crippen LogP contribution in [0, 0.1) is 23.7 Å². The van der Waals surface area contributed by atoms with Crippen molar-refractivity contribution in [1.82, 2.24) is 9.55 Å². The summed E-state index contributed by atoms with van der Waals surface area (Å²) in [5.74, 6) is 2.89. The molecule has 3 aromatic rings. The summed E-state index contributed by atoms with van der Waals surface area (Å²) in [5, 5.41) is 11.4. The maximum absolute atomic E-state index is 12.6. The molecule has 0 amide bonds. The molecule has 4 saturated carbocycles. The largest absolute Gasteiger partial charge is 0.489 e. The number of aliphatic hydroxyl groups excluding tert-OH is 1. The molecular formula is C25H28N2O3S. The zero-order chi connectivity index (χ0) is 21.3. The summed E-state index contributed by atoms with van der Waals surface area (Å²) in [7, 11) is 1.80. The average molecular weight is 437 g/mol. The smallest absolute Gasteiger partial charge is 0.274 e. The van der Waals surface area contributed by atoms with Gasteiger partial charge in [0.05, 0.1) is 6.10 Å². The van der Waals surface area contributed by atoms with E-state index in [1.807, 2.05) is 18.5 Å².